The molecule has 0 heterocycles. The summed E-state index contributed by atoms with van der Waals surface area (Å²) in [5.41, 5.74) is 0. The summed E-state index contributed by atoms with van der Waals surface area (Å²) in [7, 11) is 0. The van der Waals surface area contributed by atoms with Gasteiger partial charge in [-0.3, -0.25) is 0 Å². The minimum absolute atomic E-state index is 0.100. The molecule has 0 aliphatic heterocycles. The van der Waals surface area contributed by atoms with Crippen LogP contribution in [-0.2, 0) is 4.79 Å². The molecule has 0 saturated heterocycles. The van der Waals surface area contributed by atoms with Crippen LogP contribution in [0.5, 0.6) is 0 Å². The monoisotopic (exact) mass is 300 g/mol. The van der Waals surface area contributed by atoms with Gasteiger partial charge in [-0.05, 0) is 12.8 Å². The zero-order valence-corrected chi connectivity index (χ0v) is 13.8. The summed E-state index contributed by atoms with van der Waals surface area (Å²) in [6, 6.07) is 0. The minimum atomic E-state index is -0.511. The van der Waals surface area contributed by atoms with Crippen molar-refractivity contribution in [2.24, 2.45) is 0 Å². The van der Waals surface area contributed by atoms with E-state index in [2.05, 4.69) is 0 Å². The molecule has 21 heavy (non-hydrogen) atoms. The minimum Gasteiger partial charge on any atom is -0.394 e. The van der Waals surface area contributed by atoms with Gasteiger partial charge in [-0.2, -0.15) is 0 Å². The Morgan fingerprint density at radius 3 is 1.43 bits per heavy atom. The highest BCUT2D eigenvalue weighted by molar-refractivity contribution is 5.48. The maximum absolute atomic E-state index is 10.1. The molecule has 3 heteroatoms. The Balaban J connectivity index is 2.98. The fourth-order valence-electron chi connectivity index (χ4n) is 2.64. The van der Waals surface area contributed by atoms with Gasteiger partial charge in [0.2, 0.25) is 0 Å². The summed E-state index contributed by atoms with van der Waals surface area (Å²) in [4.78, 5) is 10.1. The predicted molar refractivity (Wildman–Crippen MR) is 88.4 cm³/mol. The third kappa shape index (κ3) is 17.5. The van der Waals surface area contributed by atoms with Gasteiger partial charge in [0.25, 0.3) is 0 Å². The average molecular weight is 300 g/mol. The third-order valence-electron chi connectivity index (χ3n) is 4.07. The van der Waals surface area contributed by atoms with Crippen molar-refractivity contribution >= 4 is 6.29 Å². The molecular weight excluding hydrogens is 264 g/mol. The van der Waals surface area contributed by atoms with Crippen LogP contribution >= 0.6 is 0 Å². The molecule has 0 bridgehead atoms. The normalized spacial score (nSPS) is 12.5. The van der Waals surface area contributed by atoms with Crippen molar-refractivity contribution in [1.82, 2.24) is 0 Å². The molecule has 2 N–H and O–H groups in total. The van der Waals surface area contributed by atoms with E-state index in [1.807, 2.05) is 0 Å². The molecule has 0 saturated carbocycles. The van der Waals surface area contributed by atoms with E-state index in [9.17, 15) is 9.90 Å². The first-order valence-electron chi connectivity index (χ1n) is 9.03. The van der Waals surface area contributed by atoms with Crippen molar-refractivity contribution in [1.29, 1.82) is 0 Å². The number of unbranched alkanes of at least 4 members (excludes halogenated alkanes) is 13. The zero-order chi connectivity index (χ0) is 15.6. The lowest BCUT2D eigenvalue weighted by molar-refractivity contribution is -0.107. The van der Waals surface area contributed by atoms with E-state index in [1.54, 1.807) is 0 Å². The fourth-order valence-corrected chi connectivity index (χ4v) is 2.64. The first-order chi connectivity index (χ1) is 10.3. The van der Waals surface area contributed by atoms with Crippen molar-refractivity contribution in [2.45, 2.75) is 102 Å². The lowest BCUT2D eigenvalue weighted by atomic mass is 10.0. The Kier molecular flexibility index (Phi) is 17.3. The van der Waals surface area contributed by atoms with E-state index in [-0.39, 0.29) is 6.61 Å². The zero-order valence-electron chi connectivity index (χ0n) is 13.8. The number of rotatable bonds is 17. The molecule has 0 aliphatic rings. The molecule has 0 rings (SSSR count). The van der Waals surface area contributed by atoms with Crippen LogP contribution in [0.25, 0.3) is 0 Å². The predicted octanol–water partition coefficient (Wildman–Crippen LogP) is 4.39. The number of aldehydes is 1. The Morgan fingerprint density at radius 1 is 0.667 bits per heavy atom. The fraction of sp³-hybridized carbons (Fsp3) is 0.944. The van der Waals surface area contributed by atoms with Crippen LogP contribution in [0.4, 0.5) is 0 Å². The second-order valence-electron chi connectivity index (χ2n) is 6.18. The van der Waals surface area contributed by atoms with Gasteiger partial charge >= 0.3 is 0 Å². The Bertz CT molecular complexity index is 207. The van der Waals surface area contributed by atoms with Crippen LogP contribution in [0.3, 0.4) is 0 Å². The second-order valence-corrected chi connectivity index (χ2v) is 6.18. The average Bonchev–Trinajstić information content (AvgIpc) is 2.50. The van der Waals surface area contributed by atoms with E-state index in [0.717, 1.165) is 32.0 Å². The highest BCUT2D eigenvalue weighted by atomic mass is 16.3. The molecule has 1 atom stereocenters. The number of hydrogen-bond donors (Lipinski definition) is 2. The van der Waals surface area contributed by atoms with Crippen LogP contribution in [-0.4, -0.2) is 29.2 Å². The van der Waals surface area contributed by atoms with E-state index in [4.69, 9.17) is 5.11 Å². The molecule has 0 aromatic rings. The van der Waals surface area contributed by atoms with Crippen molar-refractivity contribution in [3.63, 3.8) is 0 Å². The number of carbonyl (C=O) groups is 1. The molecule has 0 spiro atoms. The maximum atomic E-state index is 10.1. The Morgan fingerprint density at radius 2 is 1.05 bits per heavy atom. The van der Waals surface area contributed by atoms with E-state index < -0.39 is 6.10 Å². The van der Waals surface area contributed by atoms with E-state index >= 15 is 0 Å². The van der Waals surface area contributed by atoms with E-state index in [0.29, 0.717) is 0 Å². The maximum Gasteiger partial charge on any atom is 0.119 e. The van der Waals surface area contributed by atoms with Crippen LogP contribution < -0.4 is 0 Å². The third-order valence-corrected chi connectivity index (χ3v) is 4.07. The van der Waals surface area contributed by atoms with Crippen LogP contribution in [0, 0.1) is 0 Å². The molecule has 0 aromatic heterocycles. The van der Waals surface area contributed by atoms with Gasteiger partial charge in [0, 0.05) is 6.42 Å². The molecule has 126 valence electrons. The first-order valence-corrected chi connectivity index (χ1v) is 9.03. The largest absolute Gasteiger partial charge is 0.394 e. The van der Waals surface area contributed by atoms with Gasteiger partial charge in [-0.15, -0.1) is 0 Å². The standard InChI is InChI=1S/C18H36O3/c19-16-14-12-10-8-6-4-2-1-3-5-7-9-11-13-15-18(21)17-20/h16,18,20-21H,1-15,17H2. The molecule has 0 aliphatic carbocycles. The highest BCUT2D eigenvalue weighted by Crippen LogP contribution is 2.13. The van der Waals surface area contributed by atoms with Crippen molar-refractivity contribution in [3.8, 4) is 0 Å². The molecule has 0 fully saturated rings. The summed E-state index contributed by atoms with van der Waals surface area (Å²) in [5.74, 6) is 0. The Hall–Kier alpha value is -0.410. The van der Waals surface area contributed by atoms with Gasteiger partial charge in [-0.1, -0.05) is 77.0 Å². The lowest BCUT2D eigenvalue weighted by Crippen LogP contribution is -2.10. The SMILES string of the molecule is O=CCCCCCCCCCCCCCCCC(O)CO. The quantitative estimate of drug-likeness (QED) is 0.309. The number of aliphatic hydroxyl groups is 2. The summed E-state index contributed by atoms with van der Waals surface area (Å²) < 4.78 is 0. The molecule has 0 radical (unpaired) electrons. The second kappa shape index (κ2) is 17.6. The molecule has 0 aromatic carbocycles. The van der Waals surface area contributed by atoms with Crippen LogP contribution in [0.1, 0.15) is 96.3 Å². The number of hydrogen-bond acceptors (Lipinski definition) is 3. The molecule has 3 nitrogen and oxygen atoms in total. The molecular formula is C18H36O3. The summed E-state index contributed by atoms with van der Waals surface area (Å²) in [6.07, 6.45) is 18.4. The lowest BCUT2D eigenvalue weighted by Gasteiger charge is -2.06. The molecule has 1 unspecified atom stereocenters. The summed E-state index contributed by atoms with van der Waals surface area (Å²) in [6.45, 7) is -0.100. The van der Waals surface area contributed by atoms with Gasteiger partial charge in [0.15, 0.2) is 0 Å². The number of carbonyl (C=O) groups excluding carboxylic acids is 1. The molecule has 0 amide bonds. The van der Waals surface area contributed by atoms with Crippen LogP contribution in [0.2, 0.25) is 0 Å². The summed E-state index contributed by atoms with van der Waals surface area (Å²) in [5, 5.41) is 17.9. The number of aliphatic hydroxyl groups excluding tert-OH is 2. The van der Waals surface area contributed by atoms with Crippen LogP contribution in [0.15, 0.2) is 0 Å². The van der Waals surface area contributed by atoms with E-state index in [1.165, 1.54) is 70.6 Å². The summed E-state index contributed by atoms with van der Waals surface area (Å²) >= 11 is 0. The topological polar surface area (TPSA) is 57.5 Å². The smallest absolute Gasteiger partial charge is 0.119 e. The Labute approximate surface area is 131 Å². The van der Waals surface area contributed by atoms with Crippen molar-refractivity contribution < 1.29 is 15.0 Å². The first kappa shape index (κ1) is 20.6. The van der Waals surface area contributed by atoms with Crippen molar-refractivity contribution in [3.05, 3.63) is 0 Å². The van der Waals surface area contributed by atoms with Gasteiger partial charge in [-0.25, -0.2) is 0 Å². The van der Waals surface area contributed by atoms with Gasteiger partial charge < -0.3 is 15.0 Å². The van der Waals surface area contributed by atoms with Crippen molar-refractivity contribution in [2.75, 3.05) is 6.61 Å². The van der Waals surface area contributed by atoms with Gasteiger partial charge in [0.05, 0.1) is 12.7 Å². The highest BCUT2D eigenvalue weighted by Gasteiger charge is 2.00. The van der Waals surface area contributed by atoms with Gasteiger partial charge in [0.1, 0.15) is 6.29 Å².